The first kappa shape index (κ1) is 14.1. The molecule has 1 unspecified atom stereocenters. The Morgan fingerprint density at radius 1 is 1.53 bits per heavy atom. The predicted octanol–water partition coefficient (Wildman–Crippen LogP) is -0.674. The van der Waals surface area contributed by atoms with Gasteiger partial charge in [0.05, 0.1) is 5.75 Å². The van der Waals surface area contributed by atoms with E-state index in [-0.39, 0.29) is 12.4 Å². The van der Waals surface area contributed by atoms with Gasteiger partial charge in [0, 0.05) is 29.4 Å². The van der Waals surface area contributed by atoms with Crippen LogP contribution in [0.4, 0.5) is 0 Å². The lowest BCUT2D eigenvalue weighted by Crippen LogP contribution is -2.11. The first-order chi connectivity index (χ1) is 8.04. The second-order valence-electron chi connectivity index (χ2n) is 3.17. The molecule has 1 aromatic rings. The molecule has 2 N–H and O–H groups in total. The number of carboxylic acid groups (broad SMARTS) is 1. The van der Waals surface area contributed by atoms with Gasteiger partial charge in [0.15, 0.2) is 11.0 Å². The van der Waals surface area contributed by atoms with Crippen LogP contribution in [0, 0.1) is 0 Å². The lowest BCUT2D eigenvalue weighted by Gasteiger charge is -2.06. The van der Waals surface area contributed by atoms with Crippen LogP contribution in [0.2, 0.25) is 0 Å². The van der Waals surface area contributed by atoms with E-state index in [0.29, 0.717) is 23.3 Å². The lowest BCUT2D eigenvalue weighted by atomic mass is 10.6. The second-order valence-corrected chi connectivity index (χ2v) is 5.67. The van der Waals surface area contributed by atoms with Crippen LogP contribution in [0.5, 0.6) is 0 Å². The van der Waals surface area contributed by atoms with E-state index in [4.69, 9.17) is 10.2 Å². The Balaban J connectivity index is 2.77. The number of rotatable bonds is 7. The van der Waals surface area contributed by atoms with E-state index >= 15 is 0 Å². The number of hydrogen-bond donors (Lipinski definition) is 2. The van der Waals surface area contributed by atoms with Crippen LogP contribution in [0.3, 0.4) is 0 Å². The quantitative estimate of drug-likeness (QED) is 0.637. The SMILES string of the molecule is CS(=O)CCn1c(CO)nnc1SCC(=O)O. The van der Waals surface area contributed by atoms with Crippen LogP contribution in [-0.4, -0.2) is 52.9 Å². The maximum atomic E-state index is 11.0. The topological polar surface area (TPSA) is 105 Å². The minimum atomic E-state index is -0.965. The molecule has 0 saturated carbocycles. The molecule has 0 bridgehead atoms. The number of aliphatic carboxylic acids is 1. The molecule has 0 fully saturated rings. The van der Waals surface area contributed by atoms with E-state index in [9.17, 15) is 9.00 Å². The lowest BCUT2D eigenvalue weighted by molar-refractivity contribution is -0.133. The number of aliphatic hydroxyl groups excluding tert-OH is 1. The molecule has 0 saturated heterocycles. The molecular formula is C8H13N3O4S2. The number of carboxylic acids is 1. The number of thioether (sulfide) groups is 1. The van der Waals surface area contributed by atoms with Gasteiger partial charge >= 0.3 is 5.97 Å². The van der Waals surface area contributed by atoms with Crippen molar-refractivity contribution in [2.24, 2.45) is 0 Å². The maximum Gasteiger partial charge on any atom is 0.313 e. The number of hydrogen-bond acceptors (Lipinski definition) is 6. The Bertz CT molecular complexity index is 421. The van der Waals surface area contributed by atoms with Gasteiger partial charge in [-0.25, -0.2) is 0 Å². The van der Waals surface area contributed by atoms with Gasteiger partial charge < -0.3 is 14.8 Å². The maximum absolute atomic E-state index is 11.0. The van der Waals surface area contributed by atoms with E-state index in [1.807, 2.05) is 0 Å². The van der Waals surface area contributed by atoms with Gasteiger partial charge in [-0.1, -0.05) is 11.8 Å². The summed E-state index contributed by atoms with van der Waals surface area (Å²) in [6.07, 6.45) is 1.58. The fourth-order valence-electron chi connectivity index (χ4n) is 1.11. The molecule has 1 rings (SSSR count). The third-order valence-corrected chi connectivity index (χ3v) is 3.57. The molecule has 7 nitrogen and oxygen atoms in total. The zero-order valence-electron chi connectivity index (χ0n) is 9.20. The smallest absolute Gasteiger partial charge is 0.313 e. The molecule has 0 aromatic carbocycles. The van der Waals surface area contributed by atoms with E-state index in [0.717, 1.165) is 11.8 Å². The first-order valence-corrected chi connectivity index (χ1v) is 7.43. The Morgan fingerprint density at radius 3 is 2.76 bits per heavy atom. The summed E-state index contributed by atoms with van der Waals surface area (Å²) in [6.45, 7) is 0.116. The molecule has 17 heavy (non-hydrogen) atoms. The van der Waals surface area contributed by atoms with Crippen LogP contribution >= 0.6 is 11.8 Å². The Labute approximate surface area is 105 Å². The largest absolute Gasteiger partial charge is 0.481 e. The van der Waals surface area contributed by atoms with Crippen molar-refractivity contribution in [3.8, 4) is 0 Å². The molecule has 0 aliphatic rings. The Morgan fingerprint density at radius 2 is 2.24 bits per heavy atom. The van der Waals surface area contributed by atoms with Gasteiger partial charge in [-0.05, 0) is 0 Å². The van der Waals surface area contributed by atoms with Crippen LogP contribution in [0.1, 0.15) is 5.82 Å². The summed E-state index contributed by atoms with van der Waals surface area (Å²) in [6, 6.07) is 0. The molecule has 9 heteroatoms. The molecule has 0 radical (unpaired) electrons. The monoisotopic (exact) mass is 279 g/mol. The van der Waals surface area contributed by atoms with Crippen molar-refractivity contribution in [3.63, 3.8) is 0 Å². The van der Waals surface area contributed by atoms with Crippen LogP contribution < -0.4 is 0 Å². The highest BCUT2D eigenvalue weighted by Gasteiger charge is 2.13. The third kappa shape index (κ3) is 4.44. The molecule has 0 aliphatic carbocycles. The number of aliphatic hydroxyl groups is 1. The van der Waals surface area contributed by atoms with Crippen molar-refractivity contribution in [2.75, 3.05) is 17.8 Å². The zero-order valence-corrected chi connectivity index (χ0v) is 10.8. The van der Waals surface area contributed by atoms with E-state index in [1.54, 1.807) is 10.8 Å². The Hall–Kier alpha value is -0.930. The molecule has 1 aromatic heterocycles. The summed E-state index contributed by atoms with van der Waals surface area (Å²) in [7, 11) is -0.965. The van der Waals surface area contributed by atoms with Crippen molar-refractivity contribution in [1.82, 2.24) is 14.8 Å². The summed E-state index contributed by atoms with van der Waals surface area (Å²) < 4.78 is 12.6. The zero-order chi connectivity index (χ0) is 12.8. The fourth-order valence-corrected chi connectivity index (χ4v) is 2.26. The number of carbonyl (C=O) groups is 1. The molecule has 96 valence electrons. The van der Waals surface area contributed by atoms with Gasteiger partial charge in [0.25, 0.3) is 0 Å². The standard InChI is InChI=1S/C8H13N3O4S2/c1-17(15)3-2-11-6(4-12)9-10-8(11)16-5-7(13)14/h12H,2-5H2,1H3,(H,13,14). The van der Waals surface area contributed by atoms with Crippen LogP contribution in [-0.2, 0) is 28.7 Å². The van der Waals surface area contributed by atoms with Gasteiger partial charge in [0.1, 0.15) is 6.61 Å². The third-order valence-electron chi connectivity index (χ3n) is 1.86. The number of aromatic nitrogens is 3. The summed E-state index contributed by atoms with van der Waals surface area (Å²) >= 11 is 1.02. The second kappa shape index (κ2) is 6.72. The van der Waals surface area contributed by atoms with Crippen molar-refractivity contribution in [2.45, 2.75) is 18.3 Å². The highest BCUT2D eigenvalue weighted by molar-refractivity contribution is 7.99. The van der Waals surface area contributed by atoms with E-state index in [2.05, 4.69) is 10.2 Å². The van der Waals surface area contributed by atoms with Crippen LogP contribution in [0.25, 0.3) is 0 Å². The van der Waals surface area contributed by atoms with Crippen molar-refractivity contribution >= 4 is 28.5 Å². The van der Waals surface area contributed by atoms with Gasteiger partial charge in [-0.15, -0.1) is 10.2 Å². The van der Waals surface area contributed by atoms with Gasteiger partial charge in [-0.2, -0.15) is 0 Å². The van der Waals surface area contributed by atoms with Gasteiger partial charge in [-0.3, -0.25) is 9.00 Å². The highest BCUT2D eigenvalue weighted by atomic mass is 32.2. The van der Waals surface area contributed by atoms with Crippen molar-refractivity contribution in [1.29, 1.82) is 0 Å². The van der Waals surface area contributed by atoms with E-state index in [1.165, 1.54) is 0 Å². The number of nitrogens with zero attached hydrogens (tertiary/aromatic N) is 3. The minimum Gasteiger partial charge on any atom is -0.481 e. The molecule has 0 amide bonds. The van der Waals surface area contributed by atoms with Crippen molar-refractivity contribution in [3.05, 3.63) is 5.82 Å². The van der Waals surface area contributed by atoms with Gasteiger partial charge in [0.2, 0.25) is 0 Å². The molecule has 0 aliphatic heterocycles. The van der Waals surface area contributed by atoms with E-state index < -0.39 is 16.8 Å². The summed E-state index contributed by atoms with van der Waals surface area (Å²) in [5.41, 5.74) is 0. The normalized spacial score (nSPS) is 12.6. The van der Waals surface area contributed by atoms with Crippen molar-refractivity contribution < 1.29 is 19.2 Å². The molecular weight excluding hydrogens is 266 g/mol. The predicted molar refractivity (Wildman–Crippen MR) is 63.2 cm³/mol. The summed E-state index contributed by atoms with van der Waals surface area (Å²) in [5.74, 6) is -0.317. The van der Waals surface area contributed by atoms with Crippen LogP contribution in [0.15, 0.2) is 5.16 Å². The molecule has 1 atom stereocenters. The first-order valence-electron chi connectivity index (χ1n) is 4.72. The minimum absolute atomic E-state index is 0.126. The Kier molecular flexibility index (Phi) is 5.59. The average molecular weight is 279 g/mol. The fraction of sp³-hybridized carbons (Fsp3) is 0.625. The highest BCUT2D eigenvalue weighted by Crippen LogP contribution is 2.16. The molecule has 1 heterocycles. The summed E-state index contributed by atoms with van der Waals surface area (Å²) in [4.78, 5) is 10.5. The molecule has 0 spiro atoms. The summed E-state index contributed by atoms with van der Waals surface area (Å²) in [5, 5.41) is 25.6. The average Bonchev–Trinajstić information content (AvgIpc) is 2.65.